The minimum atomic E-state index is 0.466. The SMILES string of the molecule is CCNCc1c(N)ncnc1OC. The second-order valence-electron chi connectivity index (χ2n) is 2.53. The largest absolute Gasteiger partial charge is 0.481 e. The topological polar surface area (TPSA) is 73.1 Å². The van der Waals surface area contributed by atoms with E-state index in [1.165, 1.54) is 6.33 Å². The molecule has 5 nitrogen and oxygen atoms in total. The molecule has 1 aromatic heterocycles. The molecule has 72 valence electrons. The van der Waals surface area contributed by atoms with Gasteiger partial charge in [0, 0.05) is 6.54 Å². The molecular formula is C8H14N4O. The molecule has 0 unspecified atom stereocenters. The Balaban J connectivity index is 2.87. The van der Waals surface area contributed by atoms with Gasteiger partial charge in [-0.1, -0.05) is 6.92 Å². The van der Waals surface area contributed by atoms with Crippen molar-refractivity contribution in [3.63, 3.8) is 0 Å². The van der Waals surface area contributed by atoms with Crippen molar-refractivity contribution in [2.75, 3.05) is 19.4 Å². The van der Waals surface area contributed by atoms with Crippen LogP contribution in [0, 0.1) is 0 Å². The van der Waals surface area contributed by atoms with Crippen molar-refractivity contribution in [3.05, 3.63) is 11.9 Å². The van der Waals surface area contributed by atoms with Crippen molar-refractivity contribution in [1.82, 2.24) is 15.3 Å². The van der Waals surface area contributed by atoms with Crippen LogP contribution in [0.4, 0.5) is 5.82 Å². The zero-order chi connectivity index (χ0) is 9.68. The maximum absolute atomic E-state index is 5.67. The summed E-state index contributed by atoms with van der Waals surface area (Å²) in [6.07, 6.45) is 1.39. The number of nitrogens with one attached hydrogen (secondary N) is 1. The lowest BCUT2D eigenvalue weighted by molar-refractivity contribution is 0.390. The summed E-state index contributed by atoms with van der Waals surface area (Å²) >= 11 is 0. The third-order valence-electron chi connectivity index (χ3n) is 1.68. The second kappa shape index (κ2) is 4.61. The molecule has 1 aromatic rings. The van der Waals surface area contributed by atoms with Gasteiger partial charge in [-0.2, -0.15) is 0 Å². The number of hydrogen-bond donors (Lipinski definition) is 2. The van der Waals surface area contributed by atoms with E-state index in [1.807, 2.05) is 6.92 Å². The first-order valence-electron chi connectivity index (χ1n) is 4.13. The number of rotatable bonds is 4. The van der Waals surface area contributed by atoms with E-state index in [4.69, 9.17) is 10.5 Å². The Kier molecular flexibility index (Phi) is 3.45. The Morgan fingerprint density at radius 1 is 1.54 bits per heavy atom. The zero-order valence-corrected chi connectivity index (χ0v) is 7.87. The van der Waals surface area contributed by atoms with Crippen LogP contribution in [0.1, 0.15) is 12.5 Å². The molecule has 0 saturated heterocycles. The summed E-state index contributed by atoms with van der Waals surface area (Å²) in [7, 11) is 1.57. The predicted octanol–water partition coefficient (Wildman–Crippen LogP) is 0.177. The summed E-state index contributed by atoms with van der Waals surface area (Å²) in [4.78, 5) is 7.84. The summed E-state index contributed by atoms with van der Waals surface area (Å²) in [6.45, 7) is 3.52. The van der Waals surface area contributed by atoms with Crippen LogP contribution in [0.2, 0.25) is 0 Å². The van der Waals surface area contributed by atoms with Gasteiger partial charge in [-0.25, -0.2) is 9.97 Å². The Morgan fingerprint density at radius 2 is 2.31 bits per heavy atom. The highest BCUT2D eigenvalue weighted by Gasteiger charge is 2.07. The van der Waals surface area contributed by atoms with Gasteiger partial charge in [0.2, 0.25) is 5.88 Å². The van der Waals surface area contributed by atoms with Crippen LogP contribution in [0.25, 0.3) is 0 Å². The zero-order valence-electron chi connectivity index (χ0n) is 7.87. The number of aromatic nitrogens is 2. The Labute approximate surface area is 77.3 Å². The smallest absolute Gasteiger partial charge is 0.222 e. The standard InChI is InChI=1S/C8H14N4O/c1-3-10-4-6-7(9)11-5-12-8(6)13-2/h5,10H,3-4H2,1-2H3,(H2,9,11,12). The molecule has 13 heavy (non-hydrogen) atoms. The lowest BCUT2D eigenvalue weighted by Crippen LogP contribution is -2.15. The molecule has 0 spiro atoms. The molecule has 0 saturated carbocycles. The van der Waals surface area contributed by atoms with Crippen LogP contribution in [0.5, 0.6) is 5.88 Å². The maximum Gasteiger partial charge on any atom is 0.222 e. The van der Waals surface area contributed by atoms with E-state index in [9.17, 15) is 0 Å². The fourth-order valence-electron chi connectivity index (χ4n) is 1.00. The fourth-order valence-corrected chi connectivity index (χ4v) is 1.00. The number of ether oxygens (including phenoxy) is 1. The lowest BCUT2D eigenvalue weighted by Gasteiger charge is -2.08. The molecule has 3 N–H and O–H groups in total. The number of nitrogen functional groups attached to an aromatic ring is 1. The first-order valence-corrected chi connectivity index (χ1v) is 4.13. The van der Waals surface area contributed by atoms with Crippen LogP contribution in [-0.4, -0.2) is 23.6 Å². The van der Waals surface area contributed by atoms with Crippen molar-refractivity contribution in [3.8, 4) is 5.88 Å². The summed E-state index contributed by atoms with van der Waals surface area (Å²) in [6, 6.07) is 0. The molecule has 0 fully saturated rings. The van der Waals surface area contributed by atoms with E-state index in [0.29, 0.717) is 18.2 Å². The molecule has 0 aromatic carbocycles. The fraction of sp³-hybridized carbons (Fsp3) is 0.500. The maximum atomic E-state index is 5.67. The van der Waals surface area contributed by atoms with E-state index in [1.54, 1.807) is 7.11 Å². The molecule has 0 aliphatic rings. The van der Waals surface area contributed by atoms with Gasteiger partial charge in [-0.15, -0.1) is 0 Å². The lowest BCUT2D eigenvalue weighted by atomic mass is 10.3. The molecule has 0 atom stereocenters. The Bertz CT molecular complexity index is 277. The van der Waals surface area contributed by atoms with Crippen molar-refractivity contribution in [1.29, 1.82) is 0 Å². The van der Waals surface area contributed by atoms with Gasteiger partial charge < -0.3 is 15.8 Å². The molecule has 1 rings (SSSR count). The molecule has 0 bridgehead atoms. The first kappa shape index (κ1) is 9.73. The summed E-state index contributed by atoms with van der Waals surface area (Å²) < 4.78 is 5.05. The molecule has 0 aliphatic carbocycles. The minimum Gasteiger partial charge on any atom is -0.481 e. The number of methoxy groups -OCH3 is 1. The highest BCUT2D eigenvalue weighted by atomic mass is 16.5. The molecule has 0 radical (unpaired) electrons. The summed E-state index contributed by atoms with van der Waals surface area (Å²) in [5, 5.41) is 3.14. The minimum absolute atomic E-state index is 0.466. The van der Waals surface area contributed by atoms with Crippen LogP contribution >= 0.6 is 0 Å². The number of anilines is 1. The summed E-state index contributed by atoms with van der Waals surface area (Å²) in [5.74, 6) is 1.00. The van der Waals surface area contributed by atoms with Gasteiger partial charge in [-0.3, -0.25) is 0 Å². The quantitative estimate of drug-likeness (QED) is 0.694. The predicted molar refractivity (Wildman–Crippen MR) is 50.4 cm³/mol. The number of nitrogens with two attached hydrogens (primary N) is 1. The van der Waals surface area contributed by atoms with E-state index < -0.39 is 0 Å². The number of nitrogens with zero attached hydrogens (tertiary/aromatic N) is 2. The van der Waals surface area contributed by atoms with Crippen molar-refractivity contribution >= 4 is 5.82 Å². The van der Waals surface area contributed by atoms with Gasteiger partial charge in [-0.05, 0) is 6.54 Å². The van der Waals surface area contributed by atoms with Crippen LogP contribution < -0.4 is 15.8 Å². The monoisotopic (exact) mass is 182 g/mol. The normalized spacial score (nSPS) is 10.0. The molecule has 5 heteroatoms. The summed E-state index contributed by atoms with van der Waals surface area (Å²) in [5.41, 5.74) is 6.48. The third-order valence-corrected chi connectivity index (χ3v) is 1.68. The Hall–Kier alpha value is -1.36. The van der Waals surface area contributed by atoms with Crippen LogP contribution in [0.15, 0.2) is 6.33 Å². The molecule has 0 amide bonds. The highest BCUT2D eigenvalue weighted by molar-refractivity contribution is 5.44. The number of hydrogen-bond acceptors (Lipinski definition) is 5. The average Bonchev–Trinajstić information content (AvgIpc) is 2.15. The van der Waals surface area contributed by atoms with Crippen molar-refractivity contribution < 1.29 is 4.74 Å². The second-order valence-corrected chi connectivity index (χ2v) is 2.53. The van der Waals surface area contributed by atoms with Crippen molar-refractivity contribution in [2.45, 2.75) is 13.5 Å². The van der Waals surface area contributed by atoms with Gasteiger partial charge in [0.1, 0.15) is 12.1 Å². The van der Waals surface area contributed by atoms with Gasteiger partial charge in [0.25, 0.3) is 0 Å². The van der Waals surface area contributed by atoms with Crippen LogP contribution in [0.3, 0.4) is 0 Å². The molecule has 0 aliphatic heterocycles. The van der Waals surface area contributed by atoms with E-state index in [0.717, 1.165) is 12.1 Å². The molecular weight excluding hydrogens is 168 g/mol. The van der Waals surface area contributed by atoms with E-state index >= 15 is 0 Å². The third kappa shape index (κ3) is 2.29. The highest BCUT2D eigenvalue weighted by Crippen LogP contribution is 2.18. The first-order chi connectivity index (χ1) is 6.29. The van der Waals surface area contributed by atoms with Gasteiger partial charge >= 0.3 is 0 Å². The van der Waals surface area contributed by atoms with Crippen molar-refractivity contribution in [2.24, 2.45) is 0 Å². The average molecular weight is 182 g/mol. The van der Waals surface area contributed by atoms with Gasteiger partial charge in [0.05, 0.1) is 12.7 Å². The Morgan fingerprint density at radius 3 is 2.92 bits per heavy atom. The van der Waals surface area contributed by atoms with E-state index in [2.05, 4.69) is 15.3 Å². The van der Waals surface area contributed by atoms with Gasteiger partial charge in [0.15, 0.2) is 0 Å². The van der Waals surface area contributed by atoms with E-state index in [-0.39, 0.29) is 0 Å². The van der Waals surface area contributed by atoms with Crippen LogP contribution in [-0.2, 0) is 6.54 Å². The molecule has 1 heterocycles.